The number of methoxy groups -OCH3 is 1. The molecule has 9 nitrogen and oxygen atoms in total. The first-order valence-electron chi connectivity index (χ1n) is 10.1. The predicted molar refractivity (Wildman–Crippen MR) is 112 cm³/mol. The van der Waals surface area contributed by atoms with Crippen molar-refractivity contribution in [2.45, 2.75) is 45.6 Å². The number of ether oxygens (including phenoxy) is 3. The van der Waals surface area contributed by atoms with Crippen molar-refractivity contribution in [3.8, 4) is 0 Å². The van der Waals surface area contributed by atoms with Crippen LogP contribution in [0.2, 0.25) is 0 Å². The Hall–Kier alpha value is -2.01. The third-order valence-corrected chi connectivity index (χ3v) is 6.92. The van der Waals surface area contributed by atoms with Crippen LogP contribution in [-0.2, 0) is 45.1 Å². The Morgan fingerprint density at radius 2 is 1.90 bits per heavy atom. The molecule has 0 atom stereocenters. The molecule has 0 unspecified atom stereocenters. The number of fused-ring (bicyclic) bond motifs is 3. The topological polar surface area (TPSA) is 92.0 Å². The van der Waals surface area contributed by atoms with Gasteiger partial charge in [-0.3, -0.25) is 19.1 Å². The predicted octanol–water partition coefficient (Wildman–Crippen LogP) is 0.581. The number of thiophene rings is 1. The van der Waals surface area contributed by atoms with E-state index in [0.29, 0.717) is 49.5 Å². The Kier molecular flexibility index (Phi) is 5.84. The van der Waals surface area contributed by atoms with Crippen LogP contribution in [0.3, 0.4) is 0 Å². The van der Waals surface area contributed by atoms with Gasteiger partial charge in [0.2, 0.25) is 0 Å². The zero-order valence-corrected chi connectivity index (χ0v) is 18.4. The highest BCUT2D eigenvalue weighted by molar-refractivity contribution is 7.18. The maximum absolute atomic E-state index is 13.3. The molecule has 2 aromatic rings. The number of hydrogen-bond donors (Lipinski definition) is 0. The highest BCUT2D eigenvalue weighted by Crippen LogP contribution is 2.37. The minimum atomic E-state index is -0.624. The molecule has 2 aromatic heterocycles. The molecular weight excluding hydrogens is 410 g/mol. The van der Waals surface area contributed by atoms with E-state index in [9.17, 15) is 14.4 Å². The first-order chi connectivity index (χ1) is 14.3. The molecule has 2 aliphatic rings. The summed E-state index contributed by atoms with van der Waals surface area (Å²) >= 11 is 1.44. The van der Waals surface area contributed by atoms with Crippen molar-refractivity contribution in [2.24, 2.45) is 0 Å². The molecule has 0 aromatic carbocycles. The zero-order chi connectivity index (χ0) is 21.5. The van der Waals surface area contributed by atoms with E-state index < -0.39 is 29.4 Å². The summed E-state index contributed by atoms with van der Waals surface area (Å²) in [5.74, 6) is -0.624. The van der Waals surface area contributed by atoms with E-state index in [1.54, 1.807) is 4.57 Å². The molecule has 1 saturated heterocycles. The molecule has 10 heteroatoms. The van der Waals surface area contributed by atoms with E-state index in [4.69, 9.17) is 14.2 Å². The molecule has 4 rings (SSSR count). The molecule has 0 N–H and O–H groups in total. The highest BCUT2D eigenvalue weighted by atomic mass is 32.1. The molecule has 4 heterocycles. The maximum Gasteiger partial charge on any atom is 0.332 e. The molecule has 0 saturated carbocycles. The number of nitrogens with zero attached hydrogens (tertiary/aromatic N) is 3. The third-order valence-electron chi connectivity index (χ3n) is 5.69. The summed E-state index contributed by atoms with van der Waals surface area (Å²) in [5, 5.41) is 0.525. The van der Waals surface area contributed by atoms with E-state index >= 15 is 0 Å². The third kappa shape index (κ3) is 3.96. The Balaban J connectivity index is 1.83. The van der Waals surface area contributed by atoms with Crippen LogP contribution >= 0.6 is 11.3 Å². The van der Waals surface area contributed by atoms with E-state index in [1.807, 2.05) is 13.8 Å². The van der Waals surface area contributed by atoms with E-state index in [2.05, 4.69) is 4.90 Å². The first-order valence-corrected chi connectivity index (χ1v) is 10.9. The van der Waals surface area contributed by atoms with Gasteiger partial charge in [0, 0.05) is 37.5 Å². The minimum absolute atomic E-state index is 0.393. The molecule has 0 radical (unpaired) electrons. The fourth-order valence-electron chi connectivity index (χ4n) is 4.00. The van der Waals surface area contributed by atoms with E-state index in [1.165, 1.54) is 18.4 Å². The van der Waals surface area contributed by atoms with Gasteiger partial charge in [-0.1, -0.05) is 0 Å². The first kappa shape index (κ1) is 21.2. The summed E-state index contributed by atoms with van der Waals surface area (Å²) < 4.78 is 18.7. The SMILES string of the molecule is COC(=O)Cn1c(=O)c2c3c(sc2n(CCN2CCOCC2)c1=O)COC(C)(C)C3. The van der Waals surface area contributed by atoms with Gasteiger partial charge in [0.05, 0.1) is 37.9 Å². The van der Waals surface area contributed by atoms with Gasteiger partial charge < -0.3 is 14.2 Å². The van der Waals surface area contributed by atoms with Crippen molar-refractivity contribution in [2.75, 3.05) is 40.0 Å². The van der Waals surface area contributed by atoms with Gasteiger partial charge >= 0.3 is 11.7 Å². The van der Waals surface area contributed by atoms with Crippen LogP contribution in [0.1, 0.15) is 24.3 Å². The number of hydrogen-bond acceptors (Lipinski definition) is 8. The average Bonchev–Trinajstić information content (AvgIpc) is 3.09. The van der Waals surface area contributed by atoms with Gasteiger partial charge in [-0.25, -0.2) is 9.36 Å². The standard InChI is InChI=1S/C20H27N3O6S/c1-20(2)10-13-14(12-29-20)30-18-16(13)17(25)23(11-15(24)27-3)19(26)22(18)5-4-21-6-8-28-9-7-21/h4-12H2,1-3H3. The van der Waals surface area contributed by atoms with Crippen LogP contribution in [0.5, 0.6) is 0 Å². The van der Waals surface area contributed by atoms with Gasteiger partial charge in [0.1, 0.15) is 11.4 Å². The van der Waals surface area contributed by atoms with Gasteiger partial charge in [-0.2, -0.15) is 0 Å². The summed E-state index contributed by atoms with van der Waals surface area (Å²) in [5.41, 5.74) is -0.381. The Labute approximate surface area is 177 Å². The lowest BCUT2D eigenvalue weighted by molar-refractivity contribution is -0.141. The minimum Gasteiger partial charge on any atom is -0.468 e. The average molecular weight is 438 g/mol. The summed E-state index contributed by atoms with van der Waals surface area (Å²) in [6.07, 6.45) is 0.581. The van der Waals surface area contributed by atoms with Crippen molar-refractivity contribution >= 4 is 27.5 Å². The molecule has 164 valence electrons. The quantitative estimate of drug-likeness (QED) is 0.632. The van der Waals surface area contributed by atoms with Crippen LogP contribution in [0, 0.1) is 0 Å². The second-order valence-electron chi connectivity index (χ2n) is 8.26. The normalized spacial score (nSPS) is 19.0. The van der Waals surface area contributed by atoms with Crippen molar-refractivity contribution in [3.63, 3.8) is 0 Å². The van der Waals surface area contributed by atoms with Crippen LogP contribution < -0.4 is 11.2 Å². The van der Waals surface area contributed by atoms with E-state index in [-0.39, 0.29) is 0 Å². The highest BCUT2D eigenvalue weighted by Gasteiger charge is 2.32. The van der Waals surface area contributed by atoms with Crippen molar-refractivity contribution in [3.05, 3.63) is 31.3 Å². The molecule has 0 amide bonds. The van der Waals surface area contributed by atoms with Crippen LogP contribution in [0.4, 0.5) is 0 Å². The van der Waals surface area contributed by atoms with Crippen molar-refractivity contribution < 1.29 is 19.0 Å². The number of aromatic nitrogens is 2. The molecule has 1 fully saturated rings. The summed E-state index contributed by atoms with van der Waals surface area (Å²) in [7, 11) is 1.25. The largest absolute Gasteiger partial charge is 0.468 e. The summed E-state index contributed by atoms with van der Waals surface area (Å²) in [6.45, 7) is 8.05. The van der Waals surface area contributed by atoms with Crippen molar-refractivity contribution in [1.82, 2.24) is 14.0 Å². The lowest BCUT2D eigenvalue weighted by atomic mass is 9.94. The fraction of sp³-hybridized carbons (Fsp3) is 0.650. The summed E-state index contributed by atoms with van der Waals surface area (Å²) in [6, 6.07) is 0. The van der Waals surface area contributed by atoms with E-state index in [0.717, 1.165) is 28.1 Å². The van der Waals surface area contributed by atoms with Crippen molar-refractivity contribution in [1.29, 1.82) is 0 Å². The molecule has 30 heavy (non-hydrogen) atoms. The number of morpholine rings is 1. The molecule has 0 spiro atoms. The smallest absolute Gasteiger partial charge is 0.332 e. The number of esters is 1. The van der Waals surface area contributed by atoms with Crippen LogP contribution in [-0.4, -0.2) is 65.6 Å². The Morgan fingerprint density at radius 1 is 1.17 bits per heavy atom. The molecular formula is C20H27N3O6S. The monoisotopic (exact) mass is 437 g/mol. The molecule has 2 aliphatic heterocycles. The second-order valence-corrected chi connectivity index (χ2v) is 9.35. The number of rotatable bonds is 5. The second kappa shape index (κ2) is 8.26. The number of carbonyl (C=O) groups excluding carboxylic acids is 1. The van der Waals surface area contributed by atoms with Gasteiger partial charge in [0.15, 0.2) is 0 Å². The zero-order valence-electron chi connectivity index (χ0n) is 17.6. The number of carbonyl (C=O) groups is 1. The van der Waals surface area contributed by atoms with Crippen LogP contribution in [0.15, 0.2) is 9.59 Å². The van der Waals surface area contributed by atoms with Crippen LogP contribution in [0.25, 0.3) is 10.2 Å². The maximum atomic E-state index is 13.3. The van der Waals surface area contributed by atoms with Gasteiger partial charge in [-0.05, 0) is 19.4 Å². The van der Waals surface area contributed by atoms with Gasteiger partial charge in [-0.15, -0.1) is 11.3 Å². The lowest BCUT2D eigenvalue weighted by Crippen LogP contribution is -2.44. The Morgan fingerprint density at radius 3 is 2.60 bits per heavy atom. The lowest BCUT2D eigenvalue weighted by Gasteiger charge is -2.30. The molecule has 0 bridgehead atoms. The Bertz CT molecular complexity index is 1080. The molecule has 0 aliphatic carbocycles. The fourth-order valence-corrected chi connectivity index (χ4v) is 5.24. The summed E-state index contributed by atoms with van der Waals surface area (Å²) in [4.78, 5) is 42.3. The van der Waals surface area contributed by atoms with Gasteiger partial charge in [0.25, 0.3) is 5.56 Å².